The first-order valence-corrected chi connectivity index (χ1v) is 7.94. The standard InChI is InChI=1S/C11H8Br2N2O2S/c12-8-2-1-3-9(6-8)18(16,17)15-11-4-5-14-7-10(11)13/h1-7H,(H,14,15). The average Bonchev–Trinajstić information content (AvgIpc) is 2.32. The number of nitrogens with one attached hydrogen (secondary N) is 1. The van der Waals surface area contributed by atoms with Gasteiger partial charge in [-0.1, -0.05) is 22.0 Å². The van der Waals surface area contributed by atoms with Gasteiger partial charge in [0.1, 0.15) is 0 Å². The maximum absolute atomic E-state index is 12.1. The first-order valence-electron chi connectivity index (χ1n) is 4.87. The van der Waals surface area contributed by atoms with Crippen molar-refractivity contribution in [3.8, 4) is 0 Å². The van der Waals surface area contributed by atoms with Crippen LogP contribution in [0.3, 0.4) is 0 Å². The van der Waals surface area contributed by atoms with E-state index in [0.29, 0.717) is 14.6 Å². The molecule has 18 heavy (non-hydrogen) atoms. The predicted octanol–water partition coefficient (Wildman–Crippen LogP) is 3.41. The topological polar surface area (TPSA) is 59.1 Å². The van der Waals surface area contributed by atoms with E-state index in [9.17, 15) is 8.42 Å². The Bertz CT molecular complexity index is 674. The monoisotopic (exact) mass is 390 g/mol. The van der Waals surface area contributed by atoms with Gasteiger partial charge in [-0.05, 0) is 40.2 Å². The number of rotatable bonds is 3. The molecule has 1 aromatic carbocycles. The zero-order valence-electron chi connectivity index (χ0n) is 8.97. The van der Waals surface area contributed by atoms with E-state index in [-0.39, 0.29) is 4.90 Å². The Balaban J connectivity index is 2.37. The molecule has 0 spiro atoms. The molecule has 94 valence electrons. The summed E-state index contributed by atoms with van der Waals surface area (Å²) in [7, 11) is -3.60. The third kappa shape index (κ3) is 3.09. The molecule has 0 atom stereocenters. The summed E-state index contributed by atoms with van der Waals surface area (Å²) in [4.78, 5) is 4.07. The van der Waals surface area contributed by atoms with Gasteiger partial charge < -0.3 is 0 Å². The molecule has 0 aliphatic rings. The van der Waals surface area contributed by atoms with E-state index in [4.69, 9.17) is 0 Å². The number of aromatic nitrogens is 1. The zero-order chi connectivity index (χ0) is 13.2. The van der Waals surface area contributed by atoms with Crippen molar-refractivity contribution in [1.29, 1.82) is 0 Å². The van der Waals surface area contributed by atoms with Crippen LogP contribution in [0, 0.1) is 0 Å². The molecule has 0 saturated heterocycles. The predicted molar refractivity (Wildman–Crippen MR) is 76.9 cm³/mol. The largest absolute Gasteiger partial charge is 0.278 e. The number of pyridine rings is 1. The molecule has 0 amide bonds. The van der Waals surface area contributed by atoms with E-state index < -0.39 is 10.0 Å². The molecular weight excluding hydrogens is 384 g/mol. The lowest BCUT2D eigenvalue weighted by Gasteiger charge is -2.09. The van der Waals surface area contributed by atoms with Crippen LogP contribution in [0.1, 0.15) is 0 Å². The molecule has 7 heteroatoms. The van der Waals surface area contributed by atoms with Crippen LogP contribution in [0.25, 0.3) is 0 Å². The lowest BCUT2D eigenvalue weighted by molar-refractivity contribution is 0.601. The normalized spacial score (nSPS) is 11.2. The van der Waals surface area contributed by atoms with Crippen molar-refractivity contribution in [2.24, 2.45) is 0 Å². The fourth-order valence-electron chi connectivity index (χ4n) is 1.30. The van der Waals surface area contributed by atoms with Crippen molar-refractivity contribution in [2.45, 2.75) is 4.90 Å². The number of nitrogens with zero attached hydrogens (tertiary/aromatic N) is 1. The maximum atomic E-state index is 12.1. The van der Waals surface area contributed by atoms with Crippen LogP contribution in [0.4, 0.5) is 5.69 Å². The Labute approximate surface area is 122 Å². The average molecular weight is 392 g/mol. The van der Waals surface area contributed by atoms with Gasteiger partial charge in [-0.3, -0.25) is 9.71 Å². The number of hydrogen-bond donors (Lipinski definition) is 1. The number of hydrogen-bond acceptors (Lipinski definition) is 3. The number of sulfonamides is 1. The van der Waals surface area contributed by atoms with E-state index in [1.807, 2.05) is 0 Å². The van der Waals surface area contributed by atoms with Crippen LogP contribution in [-0.2, 0) is 10.0 Å². The quantitative estimate of drug-likeness (QED) is 0.872. The van der Waals surface area contributed by atoms with E-state index in [1.165, 1.54) is 24.5 Å². The molecule has 1 heterocycles. The van der Waals surface area contributed by atoms with Gasteiger partial charge >= 0.3 is 0 Å². The molecule has 2 rings (SSSR count). The van der Waals surface area contributed by atoms with Crippen molar-refractivity contribution >= 4 is 47.6 Å². The van der Waals surface area contributed by atoms with Crippen LogP contribution in [-0.4, -0.2) is 13.4 Å². The highest BCUT2D eigenvalue weighted by atomic mass is 79.9. The second-order valence-corrected chi connectivity index (χ2v) is 6.87. The molecule has 0 bridgehead atoms. The van der Waals surface area contributed by atoms with Gasteiger partial charge in [-0.15, -0.1) is 0 Å². The molecular formula is C11H8Br2N2O2S. The summed E-state index contributed by atoms with van der Waals surface area (Å²) in [5, 5.41) is 0. The Morgan fingerprint density at radius 2 is 1.94 bits per heavy atom. The first-order chi connectivity index (χ1) is 8.49. The summed E-state index contributed by atoms with van der Waals surface area (Å²) >= 11 is 6.48. The van der Waals surface area contributed by atoms with Gasteiger partial charge in [0, 0.05) is 16.9 Å². The molecule has 0 radical (unpaired) electrons. The SMILES string of the molecule is O=S(=O)(Nc1ccncc1Br)c1cccc(Br)c1. The van der Waals surface area contributed by atoms with Crippen molar-refractivity contribution in [2.75, 3.05) is 4.72 Å². The van der Waals surface area contributed by atoms with E-state index in [2.05, 4.69) is 41.6 Å². The number of anilines is 1. The van der Waals surface area contributed by atoms with Crippen molar-refractivity contribution < 1.29 is 8.42 Å². The maximum Gasteiger partial charge on any atom is 0.261 e. The number of benzene rings is 1. The van der Waals surface area contributed by atoms with Crippen molar-refractivity contribution in [3.05, 3.63) is 51.7 Å². The second kappa shape index (κ2) is 5.38. The molecule has 0 aliphatic heterocycles. The van der Waals surface area contributed by atoms with Gasteiger partial charge in [-0.2, -0.15) is 0 Å². The fourth-order valence-corrected chi connectivity index (χ4v) is 3.45. The summed E-state index contributed by atoms with van der Waals surface area (Å²) in [5.41, 5.74) is 0.449. The highest BCUT2D eigenvalue weighted by Gasteiger charge is 2.15. The Hall–Kier alpha value is -0.920. The molecule has 0 saturated carbocycles. The highest BCUT2D eigenvalue weighted by Crippen LogP contribution is 2.24. The second-order valence-electron chi connectivity index (χ2n) is 3.42. The summed E-state index contributed by atoms with van der Waals surface area (Å²) in [6, 6.07) is 8.08. The molecule has 4 nitrogen and oxygen atoms in total. The Morgan fingerprint density at radius 1 is 1.17 bits per heavy atom. The minimum Gasteiger partial charge on any atom is -0.278 e. The van der Waals surface area contributed by atoms with Gasteiger partial charge in [0.15, 0.2) is 0 Å². The van der Waals surface area contributed by atoms with Crippen LogP contribution < -0.4 is 4.72 Å². The third-order valence-corrected chi connectivity index (χ3v) is 4.61. The summed E-state index contributed by atoms with van der Waals surface area (Å²) in [6.07, 6.45) is 3.04. The minimum atomic E-state index is -3.60. The van der Waals surface area contributed by atoms with E-state index >= 15 is 0 Å². The van der Waals surface area contributed by atoms with Crippen molar-refractivity contribution in [3.63, 3.8) is 0 Å². The van der Waals surface area contributed by atoms with E-state index in [1.54, 1.807) is 18.2 Å². The zero-order valence-corrected chi connectivity index (χ0v) is 13.0. The molecule has 0 aliphatic carbocycles. The summed E-state index contributed by atoms with van der Waals surface area (Å²) in [6.45, 7) is 0. The van der Waals surface area contributed by atoms with Gasteiger partial charge in [0.25, 0.3) is 10.0 Å². The summed E-state index contributed by atoms with van der Waals surface area (Å²) in [5.74, 6) is 0. The van der Waals surface area contributed by atoms with Crippen LogP contribution in [0.2, 0.25) is 0 Å². The lowest BCUT2D eigenvalue weighted by atomic mass is 10.4. The minimum absolute atomic E-state index is 0.195. The van der Waals surface area contributed by atoms with Crippen molar-refractivity contribution in [1.82, 2.24) is 4.98 Å². The fraction of sp³-hybridized carbons (Fsp3) is 0. The third-order valence-electron chi connectivity index (χ3n) is 2.12. The van der Waals surface area contributed by atoms with Crippen LogP contribution in [0.15, 0.2) is 56.6 Å². The van der Waals surface area contributed by atoms with E-state index in [0.717, 1.165) is 0 Å². The summed E-state index contributed by atoms with van der Waals surface area (Å²) < 4.78 is 28.1. The Kier molecular flexibility index (Phi) is 4.04. The molecule has 1 aromatic heterocycles. The van der Waals surface area contributed by atoms with Gasteiger partial charge in [0.05, 0.1) is 15.1 Å². The smallest absolute Gasteiger partial charge is 0.261 e. The van der Waals surface area contributed by atoms with Crippen LogP contribution >= 0.6 is 31.9 Å². The number of halogens is 2. The molecule has 1 N–H and O–H groups in total. The highest BCUT2D eigenvalue weighted by molar-refractivity contribution is 9.10. The molecule has 0 unspecified atom stereocenters. The van der Waals surface area contributed by atoms with Gasteiger partial charge in [-0.25, -0.2) is 8.42 Å². The molecule has 2 aromatic rings. The Morgan fingerprint density at radius 3 is 2.61 bits per heavy atom. The van der Waals surface area contributed by atoms with Crippen LogP contribution in [0.5, 0.6) is 0 Å². The van der Waals surface area contributed by atoms with Gasteiger partial charge in [0.2, 0.25) is 0 Å². The lowest BCUT2D eigenvalue weighted by Crippen LogP contribution is -2.13. The molecule has 0 fully saturated rings. The first kappa shape index (κ1) is 13.5.